The van der Waals surface area contributed by atoms with Gasteiger partial charge in [0.05, 0.1) is 22.5 Å². The zero-order valence-corrected chi connectivity index (χ0v) is 10.7. The Morgan fingerprint density at radius 1 is 1.41 bits per heavy atom. The summed E-state index contributed by atoms with van der Waals surface area (Å²) in [6.07, 6.45) is 2.11. The molecule has 2 aromatic heterocycles. The number of hydrogen-bond donors (Lipinski definition) is 1. The van der Waals surface area contributed by atoms with E-state index in [1.165, 1.54) is 10.2 Å². The molecule has 0 saturated heterocycles. The first-order valence-electron chi connectivity index (χ1n) is 5.70. The average Bonchev–Trinajstić information content (AvgIpc) is 2.84. The smallest absolute Gasteiger partial charge is 0.194 e. The van der Waals surface area contributed by atoms with E-state index in [2.05, 4.69) is 35.5 Å². The highest BCUT2D eigenvalue weighted by molar-refractivity contribution is 7.23. The maximum atomic E-state index is 9.12. The SMILES string of the molecule is CC(C)c1cn2c(n1)sc1cc(CO)ccc12. The number of aromatic nitrogens is 2. The molecule has 2 heterocycles. The molecule has 0 saturated carbocycles. The summed E-state index contributed by atoms with van der Waals surface area (Å²) in [6.45, 7) is 4.39. The van der Waals surface area contributed by atoms with Crippen molar-refractivity contribution in [3.05, 3.63) is 35.7 Å². The largest absolute Gasteiger partial charge is 0.392 e. The molecule has 0 aliphatic carbocycles. The highest BCUT2D eigenvalue weighted by Crippen LogP contribution is 2.28. The van der Waals surface area contributed by atoms with E-state index >= 15 is 0 Å². The minimum absolute atomic E-state index is 0.0907. The number of rotatable bonds is 2. The lowest BCUT2D eigenvalue weighted by atomic mass is 10.2. The van der Waals surface area contributed by atoms with Gasteiger partial charge in [0, 0.05) is 6.20 Å². The second kappa shape index (κ2) is 3.82. The van der Waals surface area contributed by atoms with Gasteiger partial charge in [0.2, 0.25) is 0 Å². The predicted molar refractivity (Wildman–Crippen MR) is 70.6 cm³/mol. The number of aliphatic hydroxyl groups is 1. The molecule has 1 aromatic carbocycles. The molecule has 0 amide bonds. The summed E-state index contributed by atoms with van der Waals surface area (Å²) in [7, 11) is 0. The van der Waals surface area contributed by atoms with E-state index in [1.54, 1.807) is 11.3 Å². The standard InChI is InChI=1S/C13H14N2OS/c1-8(2)10-6-15-11-4-3-9(7-16)5-12(11)17-13(15)14-10/h3-6,8,16H,7H2,1-2H3. The number of nitrogens with zero attached hydrogens (tertiary/aromatic N) is 2. The molecule has 0 aliphatic heterocycles. The van der Waals surface area contributed by atoms with Crippen LogP contribution in [0.3, 0.4) is 0 Å². The number of thiazole rings is 1. The normalized spacial score (nSPS) is 12.0. The van der Waals surface area contributed by atoms with E-state index in [-0.39, 0.29) is 6.61 Å². The fourth-order valence-electron chi connectivity index (χ4n) is 1.94. The van der Waals surface area contributed by atoms with Crippen molar-refractivity contribution in [2.24, 2.45) is 0 Å². The molecule has 88 valence electrons. The van der Waals surface area contributed by atoms with Crippen LogP contribution in [0, 0.1) is 0 Å². The fourth-order valence-corrected chi connectivity index (χ4v) is 3.02. The molecule has 3 nitrogen and oxygen atoms in total. The van der Waals surface area contributed by atoms with Crippen molar-refractivity contribution in [1.29, 1.82) is 0 Å². The van der Waals surface area contributed by atoms with Gasteiger partial charge in [-0.3, -0.25) is 4.40 Å². The number of aliphatic hydroxyl groups excluding tert-OH is 1. The Labute approximate surface area is 103 Å². The van der Waals surface area contributed by atoms with Crippen LogP contribution in [-0.4, -0.2) is 14.5 Å². The zero-order valence-electron chi connectivity index (χ0n) is 9.84. The van der Waals surface area contributed by atoms with Crippen LogP contribution < -0.4 is 0 Å². The predicted octanol–water partition coefficient (Wildman–Crippen LogP) is 3.16. The minimum atomic E-state index is 0.0907. The van der Waals surface area contributed by atoms with Crippen molar-refractivity contribution in [2.45, 2.75) is 26.4 Å². The van der Waals surface area contributed by atoms with E-state index in [9.17, 15) is 0 Å². The van der Waals surface area contributed by atoms with Gasteiger partial charge in [0.15, 0.2) is 4.96 Å². The van der Waals surface area contributed by atoms with Gasteiger partial charge in [-0.15, -0.1) is 0 Å². The molecule has 0 radical (unpaired) electrons. The highest BCUT2D eigenvalue weighted by atomic mass is 32.1. The molecule has 3 aromatic rings. The van der Waals surface area contributed by atoms with Crippen LogP contribution in [0.2, 0.25) is 0 Å². The summed E-state index contributed by atoms with van der Waals surface area (Å²) in [5, 5.41) is 9.12. The molecule has 4 heteroatoms. The molecule has 0 atom stereocenters. The number of imidazole rings is 1. The molecular formula is C13H14N2OS. The molecule has 0 aliphatic rings. The highest BCUT2D eigenvalue weighted by Gasteiger charge is 2.10. The van der Waals surface area contributed by atoms with E-state index in [1.807, 2.05) is 12.1 Å². The first-order chi connectivity index (χ1) is 8.19. The van der Waals surface area contributed by atoms with Gasteiger partial charge in [-0.25, -0.2) is 4.98 Å². The summed E-state index contributed by atoms with van der Waals surface area (Å²) < 4.78 is 3.31. The van der Waals surface area contributed by atoms with Crippen LogP contribution in [0.25, 0.3) is 15.2 Å². The van der Waals surface area contributed by atoms with Gasteiger partial charge in [-0.05, 0) is 23.6 Å². The van der Waals surface area contributed by atoms with Crippen molar-refractivity contribution < 1.29 is 5.11 Å². The Morgan fingerprint density at radius 3 is 2.94 bits per heavy atom. The Balaban J connectivity index is 2.26. The summed E-state index contributed by atoms with van der Waals surface area (Å²) >= 11 is 1.67. The maximum Gasteiger partial charge on any atom is 0.194 e. The third-order valence-corrected chi connectivity index (χ3v) is 3.97. The minimum Gasteiger partial charge on any atom is -0.392 e. The number of benzene rings is 1. The second-order valence-electron chi connectivity index (χ2n) is 4.54. The molecule has 0 spiro atoms. The molecule has 17 heavy (non-hydrogen) atoms. The van der Waals surface area contributed by atoms with Crippen LogP contribution in [0.4, 0.5) is 0 Å². The number of hydrogen-bond acceptors (Lipinski definition) is 3. The van der Waals surface area contributed by atoms with Gasteiger partial charge < -0.3 is 5.11 Å². The average molecular weight is 246 g/mol. The molecule has 0 unspecified atom stereocenters. The van der Waals surface area contributed by atoms with Crippen molar-refractivity contribution in [2.75, 3.05) is 0 Å². The monoisotopic (exact) mass is 246 g/mol. The van der Waals surface area contributed by atoms with E-state index in [0.29, 0.717) is 5.92 Å². The topological polar surface area (TPSA) is 37.5 Å². The summed E-state index contributed by atoms with van der Waals surface area (Å²) in [4.78, 5) is 5.65. The fraction of sp³-hybridized carbons (Fsp3) is 0.308. The van der Waals surface area contributed by atoms with Gasteiger partial charge in [0.25, 0.3) is 0 Å². The quantitative estimate of drug-likeness (QED) is 0.754. The Hall–Kier alpha value is -1.39. The van der Waals surface area contributed by atoms with Crippen molar-refractivity contribution >= 4 is 26.5 Å². The van der Waals surface area contributed by atoms with Crippen molar-refractivity contribution in [3.8, 4) is 0 Å². The van der Waals surface area contributed by atoms with Gasteiger partial charge in [-0.1, -0.05) is 31.3 Å². The molecular weight excluding hydrogens is 232 g/mol. The Morgan fingerprint density at radius 2 is 2.24 bits per heavy atom. The molecule has 0 bridgehead atoms. The molecule has 0 fully saturated rings. The third-order valence-electron chi connectivity index (χ3n) is 2.95. The van der Waals surface area contributed by atoms with Gasteiger partial charge in [0.1, 0.15) is 0 Å². The van der Waals surface area contributed by atoms with E-state index in [0.717, 1.165) is 16.2 Å². The van der Waals surface area contributed by atoms with Crippen LogP contribution in [-0.2, 0) is 6.61 Å². The van der Waals surface area contributed by atoms with Crippen molar-refractivity contribution in [1.82, 2.24) is 9.38 Å². The molecule has 1 N–H and O–H groups in total. The van der Waals surface area contributed by atoms with Gasteiger partial charge in [-0.2, -0.15) is 0 Å². The maximum absolute atomic E-state index is 9.12. The zero-order chi connectivity index (χ0) is 12.0. The number of fused-ring (bicyclic) bond motifs is 3. The lowest BCUT2D eigenvalue weighted by Gasteiger charge is -1.97. The van der Waals surface area contributed by atoms with Crippen LogP contribution in [0.5, 0.6) is 0 Å². The van der Waals surface area contributed by atoms with Crippen LogP contribution in [0.1, 0.15) is 31.0 Å². The van der Waals surface area contributed by atoms with Crippen LogP contribution >= 0.6 is 11.3 Å². The van der Waals surface area contributed by atoms with E-state index in [4.69, 9.17) is 5.11 Å². The second-order valence-corrected chi connectivity index (χ2v) is 5.54. The van der Waals surface area contributed by atoms with Gasteiger partial charge >= 0.3 is 0 Å². The lowest BCUT2D eigenvalue weighted by molar-refractivity contribution is 0.282. The lowest BCUT2D eigenvalue weighted by Crippen LogP contribution is -1.86. The Bertz CT molecular complexity index is 681. The summed E-state index contributed by atoms with van der Waals surface area (Å²) in [6, 6.07) is 6.05. The third kappa shape index (κ3) is 1.64. The van der Waals surface area contributed by atoms with Crippen LogP contribution in [0.15, 0.2) is 24.4 Å². The first kappa shape index (κ1) is 10.7. The molecule has 3 rings (SSSR count). The summed E-state index contributed by atoms with van der Waals surface area (Å²) in [5.74, 6) is 0.453. The Kier molecular flexibility index (Phi) is 2.42. The summed E-state index contributed by atoms with van der Waals surface area (Å²) in [5.41, 5.74) is 3.25. The first-order valence-corrected chi connectivity index (χ1v) is 6.52. The van der Waals surface area contributed by atoms with E-state index < -0.39 is 0 Å². The van der Waals surface area contributed by atoms with Crippen molar-refractivity contribution in [3.63, 3.8) is 0 Å².